The van der Waals surface area contributed by atoms with Crippen LogP contribution in [0.25, 0.3) is 0 Å². The smallest absolute Gasteiger partial charge is 0.224 e. The summed E-state index contributed by atoms with van der Waals surface area (Å²) in [5.74, 6) is 0.834. The van der Waals surface area contributed by atoms with E-state index < -0.39 is 0 Å². The first-order chi connectivity index (χ1) is 12.7. The van der Waals surface area contributed by atoms with E-state index in [9.17, 15) is 4.79 Å². The van der Waals surface area contributed by atoms with Gasteiger partial charge in [0.1, 0.15) is 0 Å². The molecule has 0 saturated carbocycles. The van der Waals surface area contributed by atoms with Gasteiger partial charge in [0, 0.05) is 40.2 Å². The Bertz CT molecular complexity index is 692. The van der Waals surface area contributed by atoms with Crippen LogP contribution in [0.1, 0.15) is 17.5 Å². The van der Waals surface area contributed by atoms with Crippen molar-refractivity contribution in [3.05, 3.63) is 71.8 Å². The molecule has 0 heterocycles. The predicted molar refractivity (Wildman–Crippen MR) is 122 cm³/mol. The Morgan fingerprint density at radius 3 is 2.07 bits per heavy atom. The van der Waals surface area contributed by atoms with E-state index in [2.05, 4.69) is 27.8 Å². The van der Waals surface area contributed by atoms with E-state index in [1.165, 1.54) is 5.56 Å². The van der Waals surface area contributed by atoms with Crippen LogP contribution in [0.3, 0.4) is 0 Å². The molecule has 0 bridgehead atoms. The molecular formula is C21H29IN4O. The average Bonchev–Trinajstić information content (AvgIpc) is 2.68. The van der Waals surface area contributed by atoms with Gasteiger partial charge in [0.25, 0.3) is 0 Å². The molecule has 0 unspecified atom stereocenters. The van der Waals surface area contributed by atoms with Gasteiger partial charge < -0.3 is 15.5 Å². The van der Waals surface area contributed by atoms with E-state index >= 15 is 0 Å². The molecule has 0 fully saturated rings. The lowest BCUT2D eigenvalue weighted by Gasteiger charge is -2.18. The van der Waals surface area contributed by atoms with Gasteiger partial charge in [-0.3, -0.25) is 9.79 Å². The number of carbonyl (C=O) groups excluding carboxylic acids is 1. The molecule has 0 radical (unpaired) electrons. The van der Waals surface area contributed by atoms with Gasteiger partial charge >= 0.3 is 0 Å². The largest absolute Gasteiger partial charge is 0.356 e. The topological polar surface area (TPSA) is 56.7 Å². The number of hydrogen-bond acceptors (Lipinski definition) is 2. The van der Waals surface area contributed by atoms with Crippen molar-refractivity contribution in [1.29, 1.82) is 0 Å². The molecule has 0 saturated heterocycles. The van der Waals surface area contributed by atoms with Crippen LogP contribution >= 0.6 is 24.0 Å². The molecule has 5 nitrogen and oxygen atoms in total. The third-order valence-electron chi connectivity index (χ3n) is 4.09. The summed E-state index contributed by atoms with van der Waals surface area (Å²) in [5, 5.41) is 6.47. The summed E-state index contributed by atoms with van der Waals surface area (Å²) in [5.41, 5.74) is 2.42. The first-order valence-corrected chi connectivity index (χ1v) is 8.95. The van der Waals surface area contributed by atoms with E-state index in [1.54, 1.807) is 11.9 Å². The highest BCUT2D eigenvalue weighted by atomic mass is 127. The molecule has 2 N–H and O–H groups in total. The van der Waals surface area contributed by atoms with Gasteiger partial charge in [-0.1, -0.05) is 60.7 Å². The first-order valence-electron chi connectivity index (χ1n) is 8.95. The second-order valence-corrected chi connectivity index (χ2v) is 6.15. The zero-order valence-electron chi connectivity index (χ0n) is 16.0. The van der Waals surface area contributed by atoms with Crippen molar-refractivity contribution in [2.24, 2.45) is 4.99 Å². The summed E-state index contributed by atoms with van der Waals surface area (Å²) in [4.78, 5) is 18.2. The summed E-state index contributed by atoms with van der Waals surface area (Å²) in [6.45, 7) is 1.98. The number of benzene rings is 2. The van der Waals surface area contributed by atoms with Crippen molar-refractivity contribution in [3.8, 4) is 0 Å². The minimum absolute atomic E-state index is 0. The first kappa shape index (κ1) is 23.0. The Morgan fingerprint density at radius 2 is 1.48 bits per heavy atom. The number of nitrogens with zero attached hydrogens (tertiary/aromatic N) is 2. The summed E-state index contributed by atoms with van der Waals surface area (Å²) in [7, 11) is 3.57. The molecule has 6 heteroatoms. The van der Waals surface area contributed by atoms with Crippen molar-refractivity contribution in [1.82, 2.24) is 15.5 Å². The van der Waals surface area contributed by atoms with E-state index in [0.717, 1.165) is 24.5 Å². The molecule has 146 valence electrons. The molecular weight excluding hydrogens is 451 g/mol. The zero-order valence-corrected chi connectivity index (χ0v) is 18.4. The molecule has 2 aromatic rings. The van der Waals surface area contributed by atoms with Gasteiger partial charge in [-0.25, -0.2) is 0 Å². The summed E-state index contributed by atoms with van der Waals surface area (Å²) < 4.78 is 0. The minimum atomic E-state index is 0. The van der Waals surface area contributed by atoms with Crippen molar-refractivity contribution in [2.75, 3.05) is 27.2 Å². The van der Waals surface area contributed by atoms with Gasteiger partial charge in [0.2, 0.25) is 5.91 Å². The average molecular weight is 480 g/mol. The van der Waals surface area contributed by atoms with Gasteiger partial charge in [-0.2, -0.15) is 0 Å². The number of halogens is 1. The maximum absolute atomic E-state index is 12.2. The quantitative estimate of drug-likeness (QED) is 0.347. The molecule has 2 aromatic carbocycles. The fraction of sp³-hybridized carbons (Fsp3) is 0.333. The van der Waals surface area contributed by atoms with E-state index in [1.807, 2.05) is 55.6 Å². The Labute approximate surface area is 179 Å². The number of hydrogen-bond donors (Lipinski definition) is 2. The lowest BCUT2D eigenvalue weighted by Crippen LogP contribution is -2.40. The lowest BCUT2D eigenvalue weighted by atomic mass is 10.1. The van der Waals surface area contributed by atoms with Crippen LogP contribution in [0.4, 0.5) is 0 Å². The molecule has 2 rings (SSSR count). The Kier molecular flexibility index (Phi) is 11.2. The monoisotopic (exact) mass is 480 g/mol. The van der Waals surface area contributed by atoms with E-state index in [-0.39, 0.29) is 29.9 Å². The molecule has 0 aliphatic rings. The van der Waals surface area contributed by atoms with Crippen molar-refractivity contribution in [2.45, 2.75) is 19.4 Å². The Hall–Kier alpha value is -2.09. The highest BCUT2D eigenvalue weighted by molar-refractivity contribution is 14.0. The van der Waals surface area contributed by atoms with Crippen LogP contribution in [-0.2, 0) is 17.8 Å². The lowest BCUT2D eigenvalue weighted by molar-refractivity contribution is -0.130. The summed E-state index contributed by atoms with van der Waals surface area (Å²) in [6.07, 6.45) is 1.36. The maximum Gasteiger partial charge on any atom is 0.224 e. The number of carbonyl (C=O) groups is 1. The van der Waals surface area contributed by atoms with Crippen molar-refractivity contribution >= 4 is 35.8 Å². The normalized spacial score (nSPS) is 10.7. The van der Waals surface area contributed by atoms with Gasteiger partial charge in [0.05, 0.1) is 0 Å². The summed E-state index contributed by atoms with van der Waals surface area (Å²) >= 11 is 0. The second-order valence-electron chi connectivity index (χ2n) is 6.15. The van der Waals surface area contributed by atoms with Crippen LogP contribution < -0.4 is 10.6 Å². The highest BCUT2D eigenvalue weighted by Gasteiger charge is 2.09. The van der Waals surface area contributed by atoms with E-state index in [0.29, 0.717) is 19.5 Å². The molecule has 27 heavy (non-hydrogen) atoms. The van der Waals surface area contributed by atoms with Gasteiger partial charge in [-0.05, 0) is 17.5 Å². The van der Waals surface area contributed by atoms with E-state index in [4.69, 9.17) is 0 Å². The second kappa shape index (κ2) is 13.1. The fourth-order valence-electron chi connectivity index (χ4n) is 2.61. The molecule has 0 aliphatic heterocycles. The standard InChI is InChI=1S/C21H28N4O.HI/c1-22-21(23-15-13-18-9-5-3-6-10-18)24-16-14-20(26)25(2)17-19-11-7-4-8-12-19;/h3-12H,13-17H2,1-2H3,(H2,22,23,24);1H. The molecule has 0 aromatic heterocycles. The molecule has 0 atom stereocenters. The molecule has 0 aliphatic carbocycles. The number of nitrogens with one attached hydrogen (secondary N) is 2. The van der Waals surface area contributed by atoms with Crippen LogP contribution in [0.2, 0.25) is 0 Å². The Balaban J connectivity index is 0.00000364. The van der Waals surface area contributed by atoms with Gasteiger partial charge in [-0.15, -0.1) is 24.0 Å². The fourth-order valence-corrected chi connectivity index (χ4v) is 2.61. The van der Waals surface area contributed by atoms with Crippen LogP contribution in [0.5, 0.6) is 0 Å². The number of rotatable bonds is 8. The number of amides is 1. The predicted octanol–water partition coefficient (Wildman–Crippen LogP) is 3.06. The highest BCUT2D eigenvalue weighted by Crippen LogP contribution is 2.03. The minimum Gasteiger partial charge on any atom is -0.356 e. The van der Waals surface area contributed by atoms with Crippen molar-refractivity contribution < 1.29 is 4.79 Å². The SMILES string of the molecule is CN=C(NCCC(=O)N(C)Cc1ccccc1)NCCc1ccccc1.I. The molecule has 0 spiro atoms. The molecule has 1 amide bonds. The number of aliphatic imine (C=N–C) groups is 1. The van der Waals surface area contributed by atoms with Crippen LogP contribution in [-0.4, -0.2) is 44.0 Å². The van der Waals surface area contributed by atoms with Crippen molar-refractivity contribution in [3.63, 3.8) is 0 Å². The number of guanidine groups is 1. The third kappa shape index (κ3) is 8.90. The van der Waals surface area contributed by atoms with Crippen LogP contribution in [0, 0.1) is 0 Å². The Morgan fingerprint density at radius 1 is 0.926 bits per heavy atom. The van der Waals surface area contributed by atoms with Gasteiger partial charge in [0.15, 0.2) is 5.96 Å². The summed E-state index contributed by atoms with van der Waals surface area (Å²) in [6, 6.07) is 20.3. The maximum atomic E-state index is 12.2. The zero-order chi connectivity index (χ0) is 18.6. The van der Waals surface area contributed by atoms with Crippen LogP contribution in [0.15, 0.2) is 65.7 Å². The third-order valence-corrected chi connectivity index (χ3v) is 4.09.